The summed E-state index contributed by atoms with van der Waals surface area (Å²) in [5.74, 6) is -2.59. The first-order valence-corrected chi connectivity index (χ1v) is 19.9. The Morgan fingerprint density at radius 2 is 1.74 bits per heavy atom. The fourth-order valence-electron chi connectivity index (χ4n) is 7.51. The standard InChI is InChI=1S/C37H51N5O10S/c1-35(2,3)52-33(46)38-28-15-9-7-5-6-8-14-26-19-37(26,32(45)40-53(48,49)36(16-17-36)23-50-4)39-30(43)29-18-27(22-42(29)31(28)44)51-34(47)41-20-24-12-10-11-13-25(24)21-41/h8,10-14,26-29H,5-7,9,15-23H2,1-4H3,(H,38,46)(H,39,43)(H,40,45)/t26-,27-,28-,29+,37-/m1/s1. The highest BCUT2D eigenvalue weighted by molar-refractivity contribution is 7.91. The lowest BCUT2D eigenvalue weighted by Gasteiger charge is -2.30. The van der Waals surface area contributed by atoms with Gasteiger partial charge in [0.25, 0.3) is 5.91 Å². The normalized spacial score (nSPS) is 28.3. The van der Waals surface area contributed by atoms with E-state index in [1.807, 2.05) is 36.4 Å². The minimum atomic E-state index is -4.14. The van der Waals surface area contributed by atoms with Crippen molar-refractivity contribution < 1.29 is 46.6 Å². The van der Waals surface area contributed by atoms with Crippen LogP contribution >= 0.6 is 0 Å². The zero-order valence-corrected chi connectivity index (χ0v) is 31.7. The molecule has 1 saturated heterocycles. The molecule has 0 aromatic heterocycles. The van der Waals surface area contributed by atoms with E-state index in [1.54, 1.807) is 25.7 Å². The Hall–Kier alpha value is -4.18. The zero-order chi connectivity index (χ0) is 38.2. The van der Waals surface area contributed by atoms with Crippen LogP contribution in [-0.2, 0) is 51.7 Å². The van der Waals surface area contributed by atoms with Gasteiger partial charge in [-0.15, -0.1) is 0 Å². The minimum absolute atomic E-state index is 0.0699. The van der Waals surface area contributed by atoms with E-state index in [4.69, 9.17) is 14.2 Å². The van der Waals surface area contributed by atoms with Crippen LogP contribution in [0.25, 0.3) is 0 Å². The largest absolute Gasteiger partial charge is 0.444 e. The highest BCUT2D eigenvalue weighted by Crippen LogP contribution is 2.48. The first kappa shape index (κ1) is 38.5. The molecule has 1 aromatic carbocycles. The summed E-state index contributed by atoms with van der Waals surface area (Å²) in [6.45, 7) is 5.64. The maximum atomic E-state index is 14.4. The number of rotatable bonds is 7. The van der Waals surface area contributed by atoms with Crippen LogP contribution in [0.3, 0.4) is 0 Å². The summed E-state index contributed by atoms with van der Waals surface area (Å²) in [4.78, 5) is 71.7. The lowest BCUT2D eigenvalue weighted by Crippen LogP contribution is -2.59. The predicted octanol–water partition coefficient (Wildman–Crippen LogP) is 3.02. The highest BCUT2D eigenvalue weighted by atomic mass is 32.2. The number of hydrogen-bond acceptors (Lipinski definition) is 10. The number of fused-ring (bicyclic) bond motifs is 3. The molecule has 3 heterocycles. The van der Waals surface area contributed by atoms with Crippen molar-refractivity contribution in [2.45, 2.75) is 126 Å². The van der Waals surface area contributed by atoms with Gasteiger partial charge in [-0.1, -0.05) is 49.3 Å². The SMILES string of the molecule is COCC1(S(=O)(=O)NC(=O)[C@@]23C[C@H]2C=CCCCCC[C@@H](NC(=O)OC(C)(C)C)C(=O)N2C[C@H](OC(=O)N4Cc5ccccc5C4)C[C@H]2C(=O)N3)CC1. The van der Waals surface area contributed by atoms with Crippen molar-refractivity contribution >= 4 is 39.9 Å². The second-order valence-corrected chi connectivity index (χ2v) is 18.0. The van der Waals surface area contributed by atoms with Gasteiger partial charge in [0.1, 0.15) is 34.1 Å². The lowest BCUT2D eigenvalue weighted by molar-refractivity contribution is -0.141. The Kier molecular flexibility index (Phi) is 10.9. The fraction of sp³-hybridized carbons (Fsp3) is 0.649. The minimum Gasteiger partial charge on any atom is -0.444 e. The Morgan fingerprint density at radius 3 is 2.38 bits per heavy atom. The number of ether oxygens (including phenoxy) is 3. The second kappa shape index (κ2) is 14.9. The molecular formula is C37H51N5O10S. The van der Waals surface area contributed by atoms with Gasteiger partial charge in [-0.3, -0.25) is 24.0 Å². The molecule has 1 aromatic rings. The van der Waals surface area contributed by atoms with E-state index in [-0.39, 0.29) is 32.4 Å². The zero-order valence-electron chi connectivity index (χ0n) is 30.9. The van der Waals surface area contributed by atoms with Gasteiger partial charge in [0.2, 0.25) is 21.8 Å². The van der Waals surface area contributed by atoms with Crippen molar-refractivity contribution in [1.29, 1.82) is 0 Å². The van der Waals surface area contributed by atoms with Crippen LogP contribution in [-0.4, -0.2) is 102 Å². The third-order valence-corrected chi connectivity index (χ3v) is 12.8. The summed E-state index contributed by atoms with van der Waals surface area (Å²) in [5, 5.41) is 5.53. The van der Waals surface area contributed by atoms with Crippen LogP contribution in [0.2, 0.25) is 0 Å². The van der Waals surface area contributed by atoms with Crippen molar-refractivity contribution in [1.82, 2.24) is 25.2 Å². The van der Waals surface area contributed by atoms with Gasteiger partial charge >= 0.3 is 12.2 Å². The molecule has 3 fully saturated rings. The third kappa shape index (κ3) is 8.48. The average Bonchev–Trinajstić information content (AvgIpc) is 3.91. The molecule has 5 aliphatic rings. The van der Waals surface area contributed by atoms with Crippen molar-refractivity contribution in [3.63, 3.8) is 0 Å². The summed E-state index contributed by atoms with van der Waals surface area (Å²) in [6, 6.07) is 5.43. The first-order valence-electron chi connectivity index (χ1n) is 18.4. The van der Waals surface area contributed by atoms with Gasteiger partial charge in [-0.05, 0) is 70.4 Å². The molecule has 0 unspecified atom stereocenters. The summed E-state index contributed by atoms with van der Waals surface area (Å²) in [6.07, 6.45) is 5.30. The van der Waals surface area contributed by atoms with E-state index in [2.05, 4.69) is 15.4 Å². The molecule has 16 heteroatoms. The number of carbonyl (C=O) groups excluding carboxylic acids is 5. The van der Waals surface area contributed by atoms with Gasteiger partial charge in [0.15, 0.2) is 0 Å². The van der Waals surface area contributed by atoms with E-state index in [9.17, 15) is 32.4 Å². The van der Waals surface area contributed by atoms with Gasteiger partial charge < -0.3 is 29.7 Å². The van der Waals surface area contributed by atoms with E-state index in [0.29, 0.717) is 38.8 Å². The Labute approximate surface area is 310 Å². The quantitative estimate of drug-likeness (QED) is 0.349. The number of sulfonamides is 1. The fourth-order valence-corrected chi connectivity index (χ4v) is 9.06. The summed E-state index contributed by atoms with van der Waals surface area (Å²) < 4.78 is 44.3. The number of methoxy groups -OCH3 is 1. The van der Waals surface area contributed by atoms with Crippen molar-refractivity contribution in [3.05, 3.63) is 47.5 Å². The highest BCUT2D eigenvalue weighted by Gasteiger charge is 2.64. The van der Waals surface area contributed by atoms with Crippen molar-refractivity contribution in [2.24, 2.45) is 5.92 Å². The molecular weight excluding hydrogens is 706 g/mol. The number of benzene rings is 1. The smallest absolute Gasteiger partial charge is 0.410 e. The van der Waals surface area contributed by atoms with Gasteiger partial charge in [-0.2, -0.15) is 0 Å². The van der Waals surface area contributed by atoms with Crippen molar-refractivity contribution in [3.8, 4) is 0 Å². The molecule has 2 aliphatic carbocycles. The second-order valence-electron chi connectivity index (χ2n) is 16.0. The van der Waals surface area contributed by atoms with Gasteiger partial charge in [0.05, 0.1) is 13.2 Å². The summed E-state index contributed by atoms with van der Waals surface area (Å²) >= 11 is 0. The van der Waals surface area contributed by atoms with Crippen LogP contribution in [0.15, 0.2) is 36.4 Å². The van der Waals surface area contributed by atoms with Crippen LogP contribution in [0.5, 0.6) is 0 Å². The Balaban J connectivity index is 1.25. The number of allylic oxidation sites excluding steroid dienone is 1. The van der Waals surface area contributed by atoms with E-state index in [0.717, 1.165) is 24.0 Å². The molecule has 5 amide bonds. The number of carbonyl (C=O) groups is 5. The Bertz CT molecular complexity index is 1730. The number of alkyl carbamates (subject to hydrolysis) is 1. The molecule has 2 saturated carbocycles. The number of nitrogens with zero attached hydrogens (tertiary/aromatic N) is 2. The maximum absolute atomic E-state index is 14.4. The number of hydrogen-bond donors (Lipinski definition) is 3. The van der Waals surface area contributed by atoms with Gasteiger partial charge in [-0.25, -0.2) is 18.0 Å². The first-order chi connectivity index (χ1) is 25.1. The van der Waals surface area contributed by atoms with Gasteiger partial charge in [0, 0.05) is 32.5 Å². The van der Waals surface area contributed by atoms with E-state index >= 15 is 0 Å². The molecule has 3 aliphatic heterocycles. The van der Waals surface area contributed by atoms with Crippen LogP contribution in [0, 0.1) is 5.92 Å². The monoisotopic (exact) mass is 757 g/mol. The molecule has 0 spiro atoms. The topological polar surface area (TPSA) is 190 Å². The predicted molar refractivity (Wildman–Crippen MR) is 191 cm³/mol. The van der Waals surface area contributed by atoms with Crippen LogP contribution in [0.4, 0.5) is 9.59 Å². The van der Waals surface area contributed by atoms with Crippen molar-refractivity contribution in [2.75, 3.05) is 20.3 Å². The van der Waals surface area contributed by atoms with E-state index in [1.165, 1.54) is 12.0 Å². The molecule has 290 valence electrons. The summed E-state index contributed by atoms with van der Waals surface area (Å²) in [7, 11) is -2.74. The molecule has 53 heavy (non-hydrogen) atoms. The number of amides is 5. The van der Waals surface area contributed by atoms with Crippen LogP contribution < -0.4 is 15.4 Å². The molecule has 5 atom stereocenters. The molecule has 6 rings (SSSR count). The average molecular weight is 758 g/mol. The van der Waals surface area contributed by atoms with E-state index < -0.39 is 79.9 Å². The maximum Gasteiger partial charge on any atom is 0.410 e. The lowest BCUT2D eigenvalue weighted by atomic mass is 10.0. The third-order valence-electron chi connectivity index (χ3n) is 10.7. The van der Waals surface area contributed by atoms with Crippen LogP contribution in [0.1, 0.15) is 89.7 Å². The molecule has 0 bridgehead atoms. The molecule has 3 N–H and O–H groups in total. The summed E-state index contributed by atoms with van der Waals surface area (Å²) in [5.41, 5.74) is -0.399. The Morgan fingerprint density at radius 1 is 1.04 bits per heavy atom. The number of nitrogens with one attached hydrogen (secondary N) is 3. The molecule has 15 nitrogen and oxygen atoms in total. The molecule has 0 radical (unpaired) electrons.